The molecule has 0 aliphatic heterocycles. The number of hydrogen-bond acceptors (Lipinski definition) is 3. The molecule has 1 aromatic carbocycles. The number of anilines is 1. The molecule has 6 heteroatoms. The molecule has 1 rings (SSSR count). The molecule has 0 amide bonds. The first-order chi connectivity index (χ1) is 8.81. The maximum absolute atomic E-state index is 12.8. The first-order valence-electron chi connectivity index (χ1n) is 5.72. The fourth-order valence-corrected chi connectivity index (χ4v) is 1.71. The maximum atomic E-state index is 12.8. The van der Waals surface area contributed by atoms with Crippen LogP contribution in [0.5, 0.6) is 0 Å². The predicted molar refractivity (Wildman–Crippen MR) is 65.5 cm³/mol. The number of nitriles is 1. The number of hydrogen-bond donors (Lipinski definition) is 1. The van der Waals surface area contributed by atoms with Crippen LogP contribution in [0.2, 0.25) is 0 Å². The van der Waals surface area contributed by atoms with Crippen molar-refractivity contribution in [3.63, 3.8) is 0 Å². The van der Waals surface area contributed by atoms with E-state index in [1.807, 2.05) is 6.07 Å². The van der Waals surface area contributed by atoms with Gasteiger partial charge in [-0.3, -0.25) is 0 Å². The van der Waals surface area contributed by atoms with Crippen LogP contribution in [-0.4, -0.2) is 18.2 Å². The highest BCUT2D eigenvalue weighted by Gasteiger charge is 2.33. The summed E-state index contributed by atoms with van der Waals surface area (Å²) in [5.74, 6) is 0. The third kappa shape index (κ3) is 3.61. The Kier molecular flexibility index (Phi) is 4.78. The lowest BCUT2D eigenvalue weighted by Gasteiger charge is -2.26. The van der Waals surface area contributed by atoms with Gasteiger partial charge in [-0.05, 0) is 24.6 Å². The van der Waals surface area contributed by atoms with Gasteiger partial charge in [0, 0.05) is 18.8 Å². The van der Waals surface area contributed by atoms with Crippen molar-refractivity contribution in [1.82, 2.24) is 0 Å². The van der Waals surface area contributed by atoms with Gasteiger partial charge in [0.25, 0.3) is 0 Å². The van der Waals surface area contributed by atoms with Gasteiger partial charge in [0.1, 0.15) is 0 Å². The molecule has 19 heavy (non-hydrogen) atoms. The fraction of sp³-hybridized carbons (Fsp3) is 0.462. The van der Waals surface area contributed by atoms with Crippen LogP contribution >= 0.6 is 0 Å². The monoisotopic (exact) mass is 272 g/mol. The molecule has 1 aromatic rings. The number of benzene rings is 1. The van der Waals surface area contributed by atoms with E-state index in [2.05, 4.69) is 0 Å². The number of aliphatic hydroxyl groups excluding tert-OH is 1. The molecule has 1 unspecified atom stereocenters. The van der Waals surface area contributed by atoms with Gasteiger partial charge in [0.2, 0.25) is 0 Å². The van der Waals surface area contributed by atoms with E-state index in [0.29, 0.717) is 5.69 Å². The van der Waals surface area contributed by atoms with Crippen LogP contribution in [0.25, 0.3) is 0 Å². The molecule has 0 heterocycles. The van der Waals surface area contributed by atoms with E-state index in [1.165, 1.54) is 12.1 Å². The molecule has 3 nitrogen and oxygen atoms in total. The molecule has 0 radical (unpaired) electrons. The smallest absolute Gasteiger partial charge is 0.392 e. The van der Waals surface area contributed by atoms with Crippen molar-refractivity contribution < 1.29 is 18.3 Å². The molecule has 0 bridgehead atoms. The zero-order valence-corrected chi connectivity index (χ0v) is 10.7. The Hall–Kier alpha value is -1.74. The van der Waals surface area contributed by atoms with Crippen LogP contribution in [0.3, 0.4) is 0 Å². The highest BCUT2D eigenvalue weighted by atomic mass is 19.4. The summed E-state index contributed by atoms with van der Waals surface area (Å²) in [6.07, 6.45) is -4.28. The van der Waals surface area contributed by atoms with E-state index >= 15 is 0 Å². The molecule has 0 spiro atoms. The summed E-state index contributed by atoms with van der Waals surface area (Å²) in [7, 11) is 1.64. The lowest BCUT2D eigenvalue weighted by atomic mass is 10.1. The normalized spacial score (nSPS) is 12.9. The molecular formula is C13H15F3N2O. The largest absolute Gasteiger partial charge is 0.416 e. The van der Waals surface area contributed by atoms with Gasteiger partial charge in [0.15, 0.2) is 0 Å². The number of nitrogens with zero attached hydrogens (tertiary/aromatic N) is 2. The first kappa shape index (κ1) is 15.3. The Bertz CT molecular complexity index is 480. The quantitative estimate of drug-likeness (QED) is 0.916. The SMILES string of the molecule is CC(CC#N)N(C)c1ccc(CO)c(C(F)(F)F)c1. The molecular weight excluding hydrogens is 257 g/mol. The van der Waals surface area contributed by atoms with E-state index in [1.54, 1.807) is 18.9 Å². The topological polar surface area (TPSA) is 47.3 Å². The van der Waals surface area contributed by atoms with Gasteiger partial charge in [-0.1, -0.05) is 6.07 Å². The van der Waals surface area contributed by atoms with Gasteiger partial charge in [-0.2, -0.15) is 18.4 Å². The van der Waals surface area contributed by atoms with E-state index in [9.17, 15) is 13.2 Å². The van der Waals surface area contributed by atoms with Crippen LogP contribution < -0.4 is 4.90 Å². The van der Waals surface area contributed by atoms with Gasteiger partial charge in [-0.25, -0.2) is 0 Å². The second-order valence-electron chi connectivity index (χ2n) is 4.32. The number of alkyl halides is 3. The Labute approximate surface area is 109 Å². The van der Waals surface area contributed by atoms with Gasteiger partial charge >= 0.3 is 6.18 Å². The average Bonchev–Trinajstić information content (AvgIpc) is 2.36. The van der Waals surface area contributed by atoms with Crippen molar-refractivity contribution in [2.45, 2.75) is 32.2 Å². The molecule has 0 aliphatic carbocycles. The van der Waals surface area contributed by atoms with Crippen molar-refractivity contribution in [3.05, 3.63) is 29.3 Å². The Morgan fingerprint density at radius 1 is 1.42 bits per heavy atom. The minimum atomic E-state index is -4.51. The molecule has 1 N–H and O–H groups in total. The summed E-state index contributed by atoms with van der Waals surface area (Å²) in [5.41, 5.74) is -0.631. The molecule has 0 saturated carbocycles. The highest BCUT2D eigenvalue weighted by Crippen LogP contribution is 2.34. The fourth-order valence-electron chi connectivity index (χ4n) is 1.71. The van der Waals surface area contributed by atoms with Crippen LogP contribution in [0.15, 0.2) is 18.2 Å². The summed E-state index contributed by atoms with van der Waals surface area (Å²) in [6, 6.07) is 5.56. The molecule has 1 atom stereocenters. The molecule has 104 valence electrons. The van der Waals surface area contributed by atoms with E-state index in [-0.39, 0.29) is 18.0 Å². The van der Waals surface area contributed by atoms with Crippen molar-refractivity contribution in [1.29, 1.82) is 5.26 Å². The number of halogens is 3. The Morgan fingerprint density at radius 3 is 2.53 bits per heavy atom. The zero-order chi connectivity index (χ0) is 14.6. The summed E-state index contributed by atoms with van der Waals surface area (Å²) in [4.78, 5) is 1.61. The van der Waals surface area contributed by atoms with Crippen molar-refractivity contribution in [3.8, 4) is 6.07 Å². The lowest BCUT2D eigenvalue weighted by molar-refractivity contribution is -0.138. The van der Waals surface area contributed by atoms with E-state index in [4.69, 9.17) is 10.4 Å². The third-order valence-electron chi connectivity index (χ3n) is 3.02. The lowest BCUT2D eigenvalue weighted by Crippen LogP contribution is -2.28. The van der Waals surface area contributed by atoms with Crippen LogP contribution in [-0.2, 0) is 12.8 Å². The summed E-state index contributed by atoms with van der Waals surface area (Å²) < 4.78 is 38.5. The van der Waals surface area contributed by atoms with Gasteiger partial charge in [0.05, 0.1) is 24.7 Å². The molecule has 0 aliphatic rings. The van der Waals surface area contributed by atoms with Crippen molar-refractivity contribution in [2.75, 3.05) is 11.9 Å². The zero-order valence-electron chi connectivity index (χ0n) is 10.7. The Morgan fingerprint density at radius 2 is 2.05 bits per heavy atom. The predicted octanol–water partition coefficient (Wildman–Crippen LogP) is 2.94. The van der Waals surface area contributed by atoms with E-state index in [0.717, 1.165) is 6.07 Å². The number of aliphatic hydroxyl groups is 1. The minimum absolute atomic E-state index is 0.155. The van der Waals surface area contributed by atoms with Gasteiger partial charge < -0.3 is 10.0 Å². The standard InChI is InChI=1S/C13H15F3N2O/c1-9(5-6-17)18(2)11-4-3-10(8-19)12(7-11)13(14,15)16/h3-4,7,9,19H,5,8H2,1-2H3. The third-order valence-corrected chi connectivity index (χ3v) is 3.02. The second kappa shape index (κ2) is 5.93. The molecule has 0 saturated heterocycles. The average molecular weight is 272 g/mol. The maximum Gasteiger partial charge on any atom is 0.416 e. The molecule has 0 fully saturated rings. The first-order valence-corrected chi connectivity index (χ1v) is 5.72. The summed E-state index contributed by atoms with van der Waals surface area (Å²) in [5, 5.41) is 17.6. The second-order valence-corrected chi connectivity index (χ2v) is 4.32. The van der Waals surface area contributed by atoms with Crippen LogP contribution in [0.1, 0.15) is 24.5 Å². The van der Waals surface area contributed by atoms with Crippen molar-refractivity contribution in [2.24, 2.45) is 0 Å². The van der Waals surface area contributed by atoms with Crippen molar-refractivity contribution >= 4 is 5.69 Å². The minimum Gasteiger partial charge on any atom is -0.392 e. The van der Waals surface area contributed by atoms with E-state index < -0.39 is 18.3 Å². The highest BCUT2D eigenvalue weighted by molar-refractivity contribution is 5.52. The van der Waals surface area contributed by atoms with Gasteiger partial charge in [-0.15, -0.1) is 0 Å². The number of rotatable bonds is 4. The van der Waals surface area contributed by atoms with Crippen LogP contribution in [0.4, 0.5) is 18.9 Å². The Balaban J connectivity index is 3.15. The van der Waals surface area contributed by atoms with Crippen LogP contribution in [0, 0.1) is 11.3 Å². The molecule has 0 aromatic heterocycles. The summed E-state index contributed by atoms with van der Waals surface area (Å²) >= 11 is 0. The summed E-state index contributed by atoms with van der Waals surface area (Å²) in [6.45, 7) is 1.10.